The Morgan fingerprint density at radius 1 is 1.25 bits per heavy atom. The molecule has 3 heterocycles. The Hall–Kier alpha value is -1.57. The van der Waals surface area contributed by atoms with E-state index < -0.39 is 0 Å². The van der Waals surface area contributed by atoms with E-state index in [2.05, 4.69) is 25.4 Å². The highest BCUT2D eigenvalue weighted by molar-refractivity contribution is 7.09. The van der Waals surface area contributed by atoms with Crippen molar-refractivity contribution in [2.75, 3.05) is 7.05 Å². The van der Waals surface area contributed by atoms with E-state index in [0.29, 0.717) is 18.3 Å². The quantitative estimate of drug-likeness (QED) is 0.724. The number of nitrogens with zero attached hydrogens (tertiary/aromatic N) is 4. The van der Waals surface area contributed by atoms with E-state index in [0.717, 1.165) is 22.8 Å². The van der Waals surface area contributed by atoms with Gasteiger partial charge in [0.2, 0.25) is 11.7 Å². The summed E-state index contributed by atoms with van der Waals surface area (Å²) in [5, 5.41) is 11.2. The molecule has 0 saturated heterocycles. The van der Waals surface area contributed by atoms with Gasteiger partial charge in [0.15, 0.2) is 0 Å². The maximum atomic E-state index is 5.29. The van der Waals surface area contributed by atoms with Crippen LogP contribution in [-0.2, 0) is 13.1 Å². The van der Waals surface area contributed by atoms with Gasteiger partial charge in [-0.3, -0.25) is 4.90 Å². The van der Waals surface area contributed by atoms with Crippen molar-refractivity contribution >= 4 is 22.7 Å². The van der Waals surface area contributed by atoms with E-state index in [4.69, 9.17) is 4.52 Å². The minimum Gasteiger partial charge on any atom is -0.338 e. The van der Waals surface area contributed by atoms with Gasteiger partial charge in [-0.25, -0.2) is 4.98 Å². The maximum Gasteiger partial charge on any atom is 0.241 e. The summed E-state index contributed by atoms with van der Waals surface area (Å²) in [6.07, 6.45) is 0. The van der Waals surface area contributed by atoms with Crippen molar-refractivity contribution in [3.63, 3.8) is 0 Å². The summed E-state index contributed by atoms with van der Waals surface area (Å²) in [4.78, 5) is 11.0. The third-order valence-electron chi connectivity index (χ3n) is 2.75. The van der Waals surface area contributed by atoms with E-state index in [1.54, 1.807) is 22.7 Å². The smallest absolute Gasteiger partial charge is 0.241 e. The van der Waals surface area contributed by atoms with E-state index in [1.807, 2.05) is 30.8 Å². The Balaban J connectivity index is 1.63. The summed E-state index contributed by atoms with van der Waals surface area (Å²) in [6, 6.07) is 1.99. The predicted molar refractivity (Wildman–Crippen MR) is 79.6 cm³/mol. The van der Waals surface area contributed by atoms with Crippen LogP contribution in [0.25, 0.3) is 11.4 Å². The van der Waals surface area contributed by atoms with Gasteiger partial charge >= 0.3 is 0 Å². The SMILES string of the molecule is Cc1nc(CN(C)Cc2nc(-c3ccsc3)no2)cs1. The van der Waals surface area contributed by atoms with Crippen LogP contribution in [0.1, 0.15) is 16.6 Å². The fourth-order valence-electron chi connectivity index (χ4n) is 1.87. The number of thiazole rings is 1. The van der Waals surface area contributed by atoms with Gasteiger partial charge < -0.3 is 4.52 Å². The molecule has 0 aliphatic carbocycles. The average molecular weight is 306 g/mol. The number of hydrogen-bond acceptors (Lipinski definition) is 7. The van der Waals surface area contributed by atoms with Gasteiger partial charge in [0.05, 0.1) is 17.2 Å². The molecule has 0 atom stereocenters. The van der Waals surface area contributed by atoms with Gasteiger partial charge in [-0.1, -0.05) is 5.16 Å². The third-order valence-corrected chi connectivity index (χ3v) is 4.26. The first-order valence-electron chi connectivity index (χ1n) is 6.15. The van der Waals surface area contributed by atoms with Gasteiger partial charge in [-0.15, -0.1) is 11.3 Å². The van der Waals surface area contributed by atoms with E-state index >= 15 is 0 Å². The first-order chi connectivity index (χ1) is 9.70. The Morgan fingerprint density at radius 2 is 2.15 bits per heavy atom. The topological polar surface area (TPSA) is 55.1 Å². The molecule has 0 aliphatic heterocycles. The lowest BCUT2D eigenvalue weighted by molar-refractivity contribution is 0.259. The van der Waals surface area contributed by atoms with Crippen molar-refractivity contribution < 1.29 is 4.52 Å². The summed E-state index contributed by atoms with van der Waals surface area (Å²) in [5.74, 6) is 1.28. The molecule has 0 N–H and O–H groups in total. The number of aryl methyl sites for hydroxylation is 1. The van der Waals surface area contributed by atoms with Crippen LogP contribution in [0, 0.1) is 6.92 Å². The van der Waals surface area contributed by atoms with Crippen molar-refractivity contribution in [1.82, 2.24) is 20.0 Å². The minimum atomic E-state index is 0.619. The van der Waals surface area contributed by atoms with Crippen molar-refractivity contribution in [1.29, 1.82) is 0 Å². The van der Waals surface area contributed by atoms with Crippen LogP contribution in [0.15, 0.2) is 26.7 Å². The normalized spacial score (nSPS) is 11.3. The summed E-state index contributed by atoms with van der Waals surface area (Å²) >= 11 is 3.29. The maximum absolute atomic E-state index is 5.29. The van der Waals surface area contributed by atoms with Gasteiger partial charge in [0.25, 0.3) is 0 Å². The Kier molecular flexibility index (Phi) is 3.90. The highest BCUT2D eigenvalue weighted by Gasteiger charge is 2.12. The van der Waals surface area contributed by atoms with Crippen molar-refractivity contribution in [2.45, 2.75) is 20.0 Å². The molecule has 5 nitrogen and oxygen atoms in total. The second kappa shape index (κ2) is 5.82. The summed E-state index contributed by atoms with van der Waals surface area (Å²) in [6.45, 7) is 3.41. The van der Waals surface area contributed by atoms with Crippen LogP contribution in [0.5, 0.6) is 0 Å². The van der Waals surface area contributed by atoms with Crippen LogP contribution >= 0.6 is 22.7 Å². The fraction of sp³-hybridized carbons (Fsp3) is 0.308. The molecule has 0 fully saturated rings. The second-order valence-corrected chi connectivity index (χ2v) is 6.40. The van der Waals surface area contributed by atoms with Crippen LogP contribution in [0.4, 0.5) is 0 Å². The van der Waals surface area contributed by atoms with Crippen molar-refractivity contribution in [3.05, 3.63) is 38.8 Å². The molecular formula is C13H14N4OS2. The average Bonchev–Trinajstić information content (AvgIpc) is 3.10. The van der Waals surface area contributed by atoms with Gasteiger partial charge in [0.1, 0.15) is 0 Å². The standard InChI is InChI=1S/C13H14N4OS2/c1-9-14-11(8-20-9)5-17(2)6-12-15-13(16-18-12)10-3-4-19-7-10/h3-4,7-8H,5-6H2,1-2H3. The number of hydrogen-bond donors (Lipinski definition) is 0. The molecule has 0 unspecified atom stereocenters. The van der Waals surface area contributed by atoms with Crippen LogP contribution in [-0.4, -0.2) is 27.1 Å². The van der Waals surface area contributed by atoms with Gasteiger partial charge in [0, 0.05) is 22.9 Å². The highest BCUT2D eigenvalue weighted by atomic mass is 32.1. The first kappa shape index (κ1) is 13.4. The van der Waals surface area contributed by atoms with E-state index in [1.165, 1.54) is 0 Å². The molecule has 3 rings (SSSR count). The van der Waals surface area contributed by atoms with E-state index in [-0.39, 0.29) is 0 Å². The summed E-state index contributed by atoms with van der Waals surface area (Å²) < 4.78 is 5.29. The predicted octanol–water partition coefficient (Wildman–Crippen LogP) is 3.20. The number of rotatable bonds is 5. The molecule has 7 heteroatoms. The molecular weight excluding hydrogens is 292 g/mol. The lowest BCUT2D eigenvalue weighted by atomic mass is 10.3. The number of thiophene rings is 1. The molecule has 0 bridgehead atoms. The molecule has 0 amide bonds. The Labute approximate surface area is 124 Å². The first-order valence-corrected chi connectivity index (χ1v) is 7.97. The van der Waals surface area contributed by atoms with Crippen LogP contribution in [0.3, 0.4) is 0 Å². The zero-order valence-electron chi connectivity index (χ0n) is 11.2. The van der Waals surface area contributed by atoms with Gasteiger partial charge in [-0.05, 0) is 25.4 Å². The highest BCUT2D eigenvalue weighted by Crippen LogP contribution is 2.19. The molecule has 3 aromatic rings. The summed E-state index contributed by atoms with van der Waals surface area (Å²) in [7, 11) is 2.02. The zero-order chi connectivity index (χ0) is 13.9. The monoisotopic (exact) mass is 306 g/mol. The zero-order valence-corrected chi connectivity index (χ0v) is 12.9. The molecule has 0 spiro atoms. The van der Waals surface area contributed by atoms with Crippen LogP contribution in [0.2, 0.25) is 0 Å². The summed E-state index contributed by atoms with van der Waals surface area (Å²) in [5.41, 5.74) is 2.08. The van der Waals surface area contributed by atoms with E-state index in [9.17, 15) is 0 Å². The Morgan fingerprint density at radius 3 is 2.85 bits per heavy atom. The molecule has 20 heavy (non-hydrogen) atoms. The van der Waals surface area contributed by atoms with Crippen LogP contribution < -0.4 is 0 Å². The molecule has 0 radical (unpaired) electrons. The lowest BCUT2D eigenvalue weighted by Crippen LogP contribution is -2.17. The second-order valence-electron chi connectivity index (χ2n) is 4.55. The Bertz CT molecular complexity index is 674. The van der Waals surface area contributed by atoms with Crippen molar-refractivity contribution in [2.24, 2.45) is 0 Å². The molecule has 0 aliphatic rings. The minimum absolute atomic E-state index is 0.619. The molecule has 104 valence electrons. The fourth-order valence-corrected chi connectivity index (χ4v) is 3.11. The molecule has 0 aromatic carbocycles. The number of aromatic nitrogens is 3. The third kappa shape index (κ3) is 3.12. The largest absolute Gasteiger partial charge is 0.338 e. The lowest BCUT2D eigenvalue weighted by Gasteiger charge is -2.11. The van der Waals surface area contributed by atoms with Gasteiger partial charge in [-0.2, -0.15) is 16.3 Å². The van der Waals surface area contributed by atoms with Crippen molar-refractivity contribution in [3.8, 4) is 11.4 Å². The molecule has 3 aromatic heterocycles. The molecule has 0 saturated carbocycles.